The van der Waals surface area contributed by atoms with E-state index in [-0.39, 0.29) is 0 Å². The summed E-state index contributed by atoms with van der Waals surface area (Å²) in [5, 5.41) is 10.9. The van der Waals surface area contributed by atoms with Crippen LogP contribution in [0.15, 0.2) is 18.2 Å². The van der Waals surface area contributed by atoms with Crippen LogP contribution in [0, 0.1) is 13.8 Å². The Morgan fingerprint density at radius 1 is 1.25 bits per heavy atom. The lowest BCUT2D eigenvalue weighted by Crippen LogP contribution is -2.30. The zero-order valence-electron chi connectivity index (χ0n) is 9.30. The molecular weight excluding hydrogens is 311 g/mol. The van der Waals surface area contributed by atoms with Crippen LogP contribution in [0.2, 0.25) is 0 Å². The van der Waals surface area contributed by atoms with Crippen molar-refractivity contribution < 1.29 is 5.11 Å². The van der Waals surface area contributed by atoms with Crippen molar-refractivity contribution >= 4 is 39.1 Å². The Hall–Kier alpha value is 0.240. The summed E-state index contributed by atoms with van der Waals surface area (Å²) in [5.41, 5.74) is 2.09. The summed E-state index contributed by atoms with van der Waals surface area (Å²) in [4.78, 5) is -0.580. The summed E-state index contributed by atoms with van der Waals surface area (Å²) in [6.45, 7) is 4.01. The second kappa shape index (κ2) is 5.72. The Morgan fingerprint density at radius 2 is 1.75 bits per heavy atom. The Labute approximate surface area is 115 Å². The maximum Gasteiger partial charge on any atom is 0.110 e. The van der Waals surface area contributed by atoms with Crippen LogP contribution in [0.4, 0.5) is 0 Å². The van der Waals surface area contributed by atoms with Crippen molar-refractivity contribution in [3.05, 3.63) is 34.9 Å². The van der Waals surface area contributed by atoms with E-state index in [0.717, 1.165) is 16.7 Å². The Morgan fingerprint density at radius 3 is 2.12 bits per heavy atom. The molecule has 1 aromatic rings. The van der Waals surface area contributed by atoms with Crippen LogP contribution in [-0.4, -0.2) is 15.3 Å². The van der Waals surface area contributed by atoms with Gasteiger partial charge in [-0.1, -0.05) is 45.3 Å². The molecule has 1 nitrogen and oxygen atoms in total. The first-order valence-electron chi connectivity index (χ1n) is 5.02. The maximum atomic E-state index is 10.5. The minimum Gasteiger partial charge on any atom is -0.384 e. The van der Waals surface area contributed by atoms with Crippen LogP contribution in [0.25, 0.3) is 0 Å². The van der Waals surface area contributed by atoms with E-state index >= 15 is 0 Å². The van der Waals surface area contributed by atoms with Crippen LogP contribution in [0.1, 0.15) is 23.1 Å². The van der Waals surface area contributed by atoms with E-state index in [1.807, 2.05) is 26.0 Å². The highest BCUT2D eigenvalue weighted by atomic mass is 79.9. The first kappa shape index (κ1) is 14.3. The molecule has 0 radical (unpaired) electrons. The summed E-state index contributed by atoms with van der Waals surface area (Å²) >= 11 is 14.8. The molecule has 0 aromatic heterocycles. The number of halogens is 3. The maximum absolute atomic E-state index is 10.5. The zero-order valence-corrected chi connectivity index (χ0v) is 12.4. The number of benzene rings is 1. The molecule has 1 atom stereocenters. The van der Waals surface area contributed by atoms with Crippen LogP contribution in [0.3, 0.4) is 0 Å². The zero-order chi connectivity index (χ0) is 12.3. The molecule has 0 bridgehead atoms. The van der Waals surface area contributed by atoms with Crippen molar-refractivity contribution in [2.75, 3.05) is 5.33 Å². The predicted molar refractivity (Wildman–Crippen MR) is 73.7 cm³/mol. The highest BCUT2D eigenvalue weighted by molar-refractivity contribution is 9.09. The van der Waals surface area contributed by atoms with Crippen molar-refractivity contribution in [1.29, 1.82) is 0 Å². The van der Waals surface area contributed by atoms with E-state index in [9.17, 15) is 5.11 Å². The summed E-state index contributed by atoms with van der Waals surface area (Å²) in [7, 11) is 0. The lowest BCUT2D eigenvalue weighted by atomic mass is 9.90. The summed E-state index contributed by atoms with van der Waals surface area (Å²) in [6, 6.07) is 5.99. The third-order valence-corrected chi connectivity index (χ3v) is 3.71. The van der Waals surface area contributed by atoms with Crippen molar-refractivity contribution in [2.24, 2.45) is 0 Å². The normalized spacial score (nSPS) is 15.2. The van der Waals surface area contributed by atoms with E-state index in [4.69, 9.17) is 23.2 Å². The fourth-order valence-electron chi connectivity index (χ4n) is 1.75. The topological polar surface area (TPSA) is 20.2 Å². The van der Waals surface area contributed by atoms with E-state index in [0.29, 0.717) is 11.8 Å². The Bertz CT molecular complexity index is 348. The van der Waals surface area contributed by atoms with Crippen molar-refractivity contribution in [2.45, 2.75) is 30.7 Å². The molecule has 16 heavy (non-hydrogen) atoms. The van der Waals surface area contributed by atoms with Gasteiger partial charge in [-0.2, -0.15) is 0 Å². The van der Waals surface area contributed by atoms with E-state index < -0.39 is 10.4 Å². The van der Waals surface area contributed by atoms with Gasteiger partial charge in [0.2, 0.25) is 0 Å². The predicted octanol–water partition coefficient (Wildman–Crippen LogP) is 4.08. The SMILES string of the molecule is Cc1cc(C)cc(C(O)(CBr)CC(Cl)Cl)c1. The van der Waals surface area contributed by atoms with Crippen LogP contribution < -0.4 is 0 Å². The molecule has 4 heteroatoms. The molecule has 0 aliphatic heterocycles. The average molecular weight is 326 g/mol. The second-order valence-corrected chi connectivity index (χ2v) is 5.97. The van der Waals surface area contributed by atoms with Gasteiger partial charge in [-0.3, -0.25) is 0 Å². The minimum atomic E-state index is -1.01. The monoisotopic (exact) mass is 324 g/mol. The van der Waals surface area contributed by atoms with Gasteiger partial charge in [-0.25, -0.2) is 0 Å². The number of hydrogen-bond donors (Lipinski definition) is 1. The number of hydrogen-bond acceptors (Lipinski definition) is 1. The smallest absolute Gasteiger partial charge is 0.110 e. The van der Waals surface area contributed by atoms with Gasteiger partial charge < -0.3 is 5.11 Å². The molecule has 1 rings (SSSR count). The summed E-state index contributed by atoms with van der Waals surface area (Å²) in [6.07, 6.45) is 0.310. The summed E-state index contributed by atoms with van der Waals surface area (Å²) < 4.78 is 0. The lowest BCUT2D eigenvalue weighted by Gasteiger charge is -2.27. The van der Waals surface area contributed by atoms with Gasteiger partial charge in [0.05, 0.1) is 0 Å². The van der Waals surface area contributed by atoms with Crippen LogP contribution in [0.5, 0.6) is 0 Å². The molecule has 1 N–H and O–H groups in total. The first-order valence-corrected chi connectivity index (χ1v) is 7.02. The minimum absolute atomic E-state index is 0.310. The highest BCUT2D eigenvalue weighted by Crippen LogP contribution is 2.32. The van der Waals surface area contributed by atoms with Gasteiger partial charge in [0.15, 0.2) is 0 Å². The van der Waals surface area contributed by atoms with Gasteiger partial charge in [0.1, 0.15) is 10.4 Å². The van der Waals surface area contributed by atoms with Crippen LogP contribution in [-0.2, 0) is 5.60 Å². The second-order valence-electron chi connectivity index (χ2n) is 4.14. The largest absolute Gasteiger partial charge is 0.384 e. The molecular formula is C12H15BrCl2O. The fourth-order valence-corrected chi connectivity index (χ4v) is 2.81. The molecule has 0 aliphatic carbocycles. The molecule has 0 amide bonds. The van der Waals surface area contributed by atoms with E-state index in [1.165, 1.54) is 0 Å². The molecule has 1 aromatic carbocycles. The quantitative estimate of drug-likeness (QED) is 0.827. The number of aliphatic hydroxyl groups is 1. The van der Waals surface area contributed by atoms with E-state index in [2.05, 4.69) is 22.0 Å². The van der Waals surface area contributed by atoms with Gasteiger partial charge in [-0.05, 0) is 19.4 Å². The Balaban J connectivity index is 3.11. The van der Waals surface area contributed by atoms with Crippen molar-refractivity contribution in [3.63, 3.8) is 0 Å². The molecule has 0 aliphatic rings. The van der Waals surface area contributed by atoms with Gasteiger partial charge in [0, 0.05) is 11.8 Å². The van der Waals surface area contributed by atoms with Gasteiger partial charge in [0.25, 0.3) is 0 Å². The Kier molecular flexibility index (Phi) is 5.11. The molecule has 90 valence electrons. The number of rotatable bonds is 4. The standard InChI is InChI=1S/C12H15BrCl2O/c1-8-3-9(2)5-10(4-8)12(16,7-13)6-11(14)15/h3-5,11,16H,6-7H2,1-2H3. The average Bonchev–Trinajstić information content (AvgIpc) is 2.15. The van der Waals surface area contributed by atoms with Gasteiger partial charge >= 0.3 is 0 Å². The highest BCUT2D eigenvalue weighted by Gasteiger charge is 2.30. The first-order chi connectivity index (χ1) is 7.37. The van der Waals surface area contributed by atoms with Crippen LogP contribution >= 0.6 is 39.1 Å². The van der Waals surface area contributed by atoms with E-state index in [1.54, 1.807) is 0 Å². The molecule has 0 saturated heterocycles. The summed E-state index contributed by atoms with van der Waals surface area (Å²) in [5.74, 6) is 0. The fraction of sp³-hybridized carbons (Fsp3) is 0.500. The molecule has 0 saturated carbocycles. The van der Waals surface area contributed by atoms with Crippen molar-refractivity contribution in [3.8, 4) is 0 Å². The number of aryl methyl sites for hydroxylation is 2. The molecule has 0 spiro atoms. The third-order valence-electron chi connectivity index (χ3n) is 2.47. The van der Waals surface area contributed by atoms with Gasteiger partial charge in [-0.15, -0.1) is 23.2 Å². The molecule has 0 fully saturated rings. The molecule has 0 heterocycles. The molecule has 1 unspecified atom stereocenters. The number of alkyl halides is 3. The van der Waals surface area contributed by atoms with Crippen molar-refractivity contribution in [1.82, 2.24) is 0 Å². The third kappa shape index (κ3) is 3.63. The lowest BCUT2D eigenvalue weighted by molar-refractivity contribution is 0.0581.